The summed E-state index contributed by atoms with van der Waals surface area (Å²) in [4.78, 5) is 29.8. The van der Waals surface area contributed by atoms with Crippen molar-refractivity contribution in [3.63, 3.8) is 0 Å². The van der Waals surface area contributed by atoms with Crippen LogP contribution in [0, 0.1) is 11.7 Å². The molecule has 3 rings (SSSR count). The number of nitrogens with zero attached hydrogens (tertiary/aromatic N) is 2. The number of halogens is 1. The maximum absolute atomic E-state index is 13.2. The van der Waals surface area contributed by atoms with Gasteiger partial charge >= 0.3 is 0 Å². The van der Waals surface area contributed by atoms with Crippen molar-refractivity contribution >= 4 is 11.8 Å². The minimum absolute atomic E-state index is 0.107. The fraction of sp³-hybridized carbons (Fsp3) is 0.500. The molecule has 20 heavy (non-hydrogen) atoms. The van der Waals surface area contributed by atoms with Crippen LogP contribution in [-0.4, -0.2) is 33.8 Å². The van der Waals surface area contributed by atoms with Crippen molar-refractivity contribution in [1.29, 1.82) is 0 Å². The average Bonchev–Trinajstić information content (AvgIpc) is 3.20. The number of carbonyl (C=O) groups excluding carboxylic acids is 2. The van der Waals surface area contributed by atoms with Crippen LogP contribution in [0.4, 0.5) is 4.39 Å². The van der Waals surface area contributed by atoms with Gasteiger partial charge in [-0.05, 0) is 37.3 Å². The van der Waals surface area contributed by atoms with Crippen molar-refractivity contribution in [3.8, 4) is 0 Å². The zero-order valence-electron chi connectivity index (χ0n) is 11.2. The summed E-state index contributed by atoms with van der Waals surface area (Å²) in [5, 5.41) is 2.71. The lowest BCUT2D eigenvalue weighted by Gasteiger charge is -2.38. The van der Waals surface area contributed by atoms with Gasteiger partial charge in [0.05, 0.1) is 6.20 Å². The zero-order chi connectivity index (χ0) is 14.3. The van der Waals surface area contributed by atoms with Crippen molar-refractivity contribution < 1.29 is 14.0 Å². The average molecular weight is 277 g/mol. The first-order valence-corrected chi connectivity index (χ1v) is 6.76. The van der Waals surface area contributed by atoms with E-state index in [2.05, 4.69) is 10.3 Å². The Balaban J connectivity index is 1.86. The van der Waals surface area contributed by atoms with Crippen LogP contribution in [0.2, 0.25) is 0 Å². The summed E-state index contributed by atoms with van der Waals surface area (Å²) in [5.41, 5.74) is 0.603. The van der Waals surface area contributed by atoms with Gasteiger partial charge in [0.25, 0.3) is 0 Å². The predicted octanol–water partition coefficient (Wildman–Crippen LogP) is 0.846. The fourth-order valence-corrected chi connectivity index (χ4v) is 2.68. The van der Waals surface area contributed by atoms with E-state index in [1.807, 2.05) is 0 Å². The second kappa shape index (κ2) is 4.85. The van der Waals surface area contributed by atoms with Gasteiger partial charge < -0.3 is 10.2 Å². The smallest absolute Gasteiger partial charge is 0.245 e. The first kappa shape index (κ1) is 13.0. The Labute approximate surface area is 116 Å². The van der Waals surface area contributed by atoms with E-state index in [1.165, 1.54) is 12.3 Å². The molecule has 2 aliphatic rings. The second-order valence-electron chi connectivity index (χ2n) is 5.49. The minimum Gasteiger partial charge on any atom is -0.343 e. The molecule has 6 heteroatoms. The predicted molar refractivity (Wildman–Crippen MR) is 68.9 cm³/mol. The van der Waals surface area contributed by atoms with E-state index in [4.69, 9.17) is 0 Å². The molecule has 2 fully saturated rings. The lowest BCUT2D eigenvalue weighted by Crippen LogP contribution is -2.62. The van der Waals surface area contributed by atoms with Gasteiger partial charge in [-0.3, -0.25) is 14.6 Å². The van der Waals surface area contributed by atoms with Crippen LogP contribution in [0.1, 0.15) is 25.3 Å². The van der Waals surface area contributed by atoms with Gasteiger partial charge in [0.15, 0.2) is 0 Å². The lowest BCUT2D eigenvalue weighted by molar-refractivity contribution is -0.150. The number of carbonyl (C=O) groups is 2. The van der Waals surface area contributed by atoms with Crippen LogP contribution in [-0.2, 0) is 16.1 Å². The third-order valence-corrected chi connectivity index (χ3v) is 3.80. The third-order valence-electron chi connectivity index (χ3n) is 3.80. The molecule has 0 spiro atoms. The molecule has 1 N–H and O–H groups in total. The summed E-state index contributed by atoms with van der Waals surface area (Å²) in [5.74, 6) is -0.435. The standard InChI is InChI=1S/C14H16FN3O2/c1-8-14(20)18(7-9-4-11(15)6-16-5-9)12(10-2-3-10)13(19)17-8/h4-6,8,10,12H,2-3,7H2,1H3,(H,17,19). The van der Waals surface area contributed by atoms with E-state index in [0.29, 0.717) is 5.56 Å². The van der Waals surface area contributed by atoms with Crippen molar-refractivity contribution in [2.24, 2.45) is 5.92 Å². The van der Waals surface area contributed by atoms with Gasteiger partial charge in [-0.25, -0.2) is 4.39 Å². The highest BCUT2D eigenvalue weighted by molar-refractivity contribution is 5.97. The molecule has 5 nitrogen and oxygen atoms in total. The molecule has 1 aliphatic heterocycles. The Kier molecular flexibility index (Phi) is 3.16. The largest absolute Gasteiger partial charge is 0.343 e. The van der Waals surface area contributed by atoms with Gasteiger partial charge in [-0.1, -0.05) is 0 Å². The summed E-state index contributed by atoms with van der Waals surface area (Å²) in [6.45, 7) is 1.89. The third kappa shape index (κ3) is 2.37. The number of amides is 2. The number of hydrogen-bond donors (Lipinski definition) is 1. The summed E-state index contributed by atoms with van der Waals surface area (Å²) in [6.07, 6.45) is 4.56. The highest BCUT2D eigenvalue weighted by Gasteiger charge is 2.46. The van der Waals surface area contributed by atoms with E-state index in [9.17, 15) is 14.0 Å². The fourth-order valence-electron chi connectivity index (χ4n) is 2.68. The summed E-state index contributed by atoms with van der Waals surface area (Å²) < 4.78 is 13.2. The molecule has 2 amide bonds. The van der Waals surface area contributed by atoms with Crippen molar-refractivity contribution in [2.45, 2.75) is 38.4 Å². The highest BCUT2D eigenvalue weighted by atomic mass is 19.1. The molecule has 2 heterocycles. The molecule has 1 aliphatic carbocycles. The molecule has 0 radical (unpaired) electrons. The molecule has 106 valence electrons. The van der Waals surface area contributed by atoms with Crippen molar-refractivity contribution in [3.05, 3.63) is 29.8 Å². The quantitative estimate of drug-likeness (QED) is 0.891. The van der Waals surface area contributed by atoms with E-state index in [0.717, 1.165) is 19.0 Å². The van der Waals surface area contributed by atoms with Gasteiger partial charge in [0, 0.05) is 12.7 Å². The Morgan fingerprint density at radius 3 is 2.80 bits per heavy atom. The molecule has 1 aromatic rings. The van der Waals surface area contributed by atoms with Crippen LogP contribution in [0.5, 0.6) is 0 Å². The Bertz CT molecular complexity index is 559. The molecule has 2 atom stereocenters. The second-order valence-corrected chi connectivity index (χ2v) is 5.49. The number of nitrogens with one attached hydrogen (secondary N) is 1. The number of hydrogen-bond acceptors (Lipinski definition) is 3. The van der Waals surface area contributed by atoms with Crippen LogP contribution in [0.25, 0.3) is 0 Å². The molecular weight excluding hydrogens is 261 g/mol. The normalized spacial score (nSPS) is 26.6. The van der Waals surface area contributed by atoms with Gasteiger partial charge in [-0.2, -0.15) is 0 Å². The van der Waals surface area contributed by atoms with Crippen molar-refractivity contribution in [2.75, 3.05) is 0 Å². The highest BCUT2D eigenvalue weighted by Crippen LogP contribution is 2.37. The Hall–Kier alpha value is -1.98. The zero-order valence-corrected chi connectivity index (χ0v) is 11.2. The van der Waals surface area contributed by atoms with Gasteiger partial charge in [0.1, 0.15) is 17.9 Å². The van der Waals surface area contributed by atoms with E-state index in [1.54, 1.807) is 11.8 Å². The van der Waals surface area contributed by atoms with Crippen molar-refractivity contribution in [1.82, 2.24) is 15.2 Å². The summed E-state index contributed by atoms with van der Waals surface area (Å²) in [6, 6.07) is 0.391. The first-order chi connectivity index (χ1) is 9.56. The number of aromatic nitrogens is 1. The van der Waals surface area contributed by atoms with Crippen LogP contribution >= 0.6 is 0 Å². The van der Waals surface area contributed by atoms with E-state index in [-0.39, 0.29) is 24.3 Å². The van der Waals surface area contributed by atoms with Crippen LogP contribution < -0.4 is 5.32 Å². The molecule has 1 aromatic heterocycles. The lowest BCUT2D eigenvalue weighted by atomic mass is 10.0. The molecule has 1 saturated heterocycles. The maximum atomic E-state index is 13.2. The first-order valence-electron chi connectivity index (χ1n) is 6.76. The Morgan fingerprint density at radius 2 is 2.15 bits per heavy atom. The monoisotopic (exact) mass is 277 g/mol. The number of rotatable bonds is 3. The van der Waals surface area contributed by atoms with E-state index < -0.39 is 17.9 Å². The molecule has 0 aromatic carbocycles. The van der Waals surface area contributed by atoms with Crippen LogP contribution in [0.15, 0.2) is 18.5 Å². The van der Waals surface area contributed by atoms with Gasteiger partial charge in [-0.15, -0.1) is 0 Å². The van der Waals surface area contributed by atoms with E-state index >= 15 is 0 Å². The van der Waals surface area contributed by atoms with Gasteiger partial charge in [0.2, 0.25) is 11.8 Å². The molecule has 2 unspecified atom stereocenters. The summed E-state index contributed by atoms with van der Waals surface area (Å²) in [7, 11) is 0. The minimum atomic E-state index is -0.529. The summed E-state index contributed by atoms with van der Waals surface area (Å²) >= 11 is 0. The topological polar surface area (TPSA) is 62.3 Å². The van der Waals surface area contributed by atoms with Crippen LogP contribution in [0.3, 0.4) is 0 Å². The molecule has 1 saturated carbocycles. The number of piperazine rings is 1. The maximum Gasteiger partial charge on any atom is 0.245 e. The SMILES string of the molecule is CC1NC(=O)C(C2CC2)N(Cc2cncc(F)c2)C1=O. The molecular formula is C14H16FN3O2. The molecule has 0 bridgehead atoms. The Morgan fingerprint density at radius 1 is 1.40 bits per heavy atom. The number of pyridine rings is 1.